The summed E-state index contributed by atoms with van der Waals surface area (Å²) in [7, 11) is 1.36. The topological polar surface area (TPSA) is 91.9 Å². The van der Waals surface area contributed by atoms with Gasteiger partial charge >= 0.3 is 6.18 Å². The van der Waals surface area contributed by atoms with Gasteiger partial charge in [0.15, 0.2) is 5.66 Å². The zero-order valence-corrected chi connectivity index (χ0v) is 14.3. The summed E-state index contributed by atoms with van der Waals surface area (Å²) in [6, 6.07) is 0. The van der Waals surface area contributed by atoms with Crippen molar-refractivity contribution in [3.8, 4) is 12.3 Å². The van der Waals surface area contributed by atoms with E-state index < -0.39 is 35.6 Å². The van der Waals surface area contributed by atoms with Crippen LogP contribution in [0.25, 0.3) is 0 Å². The molecule has 0 spiro atoms. The van der Waals surface area contributed by atoms with Gasteiger partial charge in [-0.25, -0.2) is 4.98 Å². The van der Waals surface area contributed by atoms with E-state index in [1.165, 1.54) is 19.4 Å². The number of nitrogens with zero attached hydrogens (tertiary/aromatic N) is 4. The Bertz CT molecular complexity index is 716. The van der Waals surface area contributed by atoms with E-state index in [0.717, 1.165) is 4.57 Å². The zero-order valence-electron chi connectivity index (χ0n) is 14.3. The zero-order chi connectivity index (χ0) is 19.4. The molecule has 1 aromatic rings. The number of carbonyl (C=O) groups excluding carboxylic acids is 1. The molecule has 0 aromatic carbocycles. The van der Waals surface area contributed by atoms with Crippen LogP contribution in [0.1, 0.15) is 37.9 Å². The number of terminal acetylenes is 1. The lowest BCUT2D eigenvalue weighted by molar-refractivity contribution is -0.272. The summed E-state index contributed by atoms with van der Waals surface area (Å²) in [6.45, 7) is -0.354. The molecule has 0 saturated heterocycles. The van der Waals surface area contributed by atoms with Crippen LogP contribution in [-0.2, 0) is 17.4 Å². The van der Waals surface area contributed by atoms with Crippen molar-refractivity contribution in [1.82, 2.24) is 14.9 Å². The molecule has 26 heavy (non-hydrogen) atoms. The van der Waals surface area contributed by atoms with Crippen LogP contribution in [0, 0.1) is 12.3 Å². The molecule has 0 saturated carbocycles. The Morgan fingerprint density at radius 1 is 1.42 bits per heavy atom. The van der Waals surface area contributed by atoms with Gasteiger partial charge in [0, 0.05) is 58.1 Å². The molecule has 1 unspecified atom stereocenters. The summed E-state index contributed by atoms with van der Waals surface area (Å²) in [4.78, 5) is 15.5. The average molecular weight is 371 g/mol. The average Bonchev–Trinajstić information content (AvgIpc) is 3.21. The van der Waals surface area contributed by atoms with Crippen LogP contribution in [-0.4, -0.2) is 38.9 Å². The van der Waals surface area contributed by atoms with E-state index in [1.54, 1.807) is 0 Å². The van der Waals surface area contributed by atoms with E-state index in [4.69, 9.17) is 6.42 Å². The number of nitrogens with one attached hydrogen (secondary N) is 1. The third-order valence-corrected chi connectivity index (χ3v) is 4.27. The monoisotopic (exact) mass is 371 g/mol. The molecule has 2 rings (SSSR count). The summed E-state index contributed by atoms with van der Waals surface area (Å²) in [5.74, 6) is 1.51. The van der Waals surface area contributed by atoms with E-state index in [1.807, 2.05) is 0 Å². The van der Waals surface area contributed by atoms with Gasteiger partial charge in [-0.15, -0.1) is 12.3 Å². The molecule has 0 aliphatic carbocycles. The van der Waals surface area contributed by atoms with Crippen LogP contribution >= 0.6 is 0 Å². The first-order valence-electron chi connectivity index (χ1n) is 8.05. The number of alkyl halides is 3. The number of aliphatic hydroxyl groups is 1. The highest BCUT2D eigenvalue weighted by Gasteiger charge is 2.57. The number of imidazole rings is 1. The van der Waals surface area contributed by atoms with Crippen molar-refractivity contribution in [3.63, 3.8) is 0 Å². The molecule has 7 nitrogen and oxygen atoms in total. The fourth-order valence-corrected chi connectivity index (χ4v) is 2.60. The first kappa shape index (κ1) is 19.9. The largest absolute Gasteiger partial charge is 0.424 e. The number of carbonyl (C=O) groups is 1. The standard InChI is InChI=1S/C16H20F3N5O2/c1-3-4-6-14(22-23-14)7-5-12(25)20-9-8-15(26,16(17,18)19)13-21-10-11-24(13)2/h1,10-11,26H,4-9H2,2H3,(H,20,25). The second kappa shape index (κ2) is 7.45. The molecule has 1 aliphatic heterocycles. The first-order chi connectivity index (χ1) is 12.1. The van der Waals surface area contributed by atoms with E-state index in [0.29, 0.717) is 19.3 Å². The number of halogens is 3. The SMILES string of the molecule is C#CCCC1(CCC(=O)NCCC(O)(c2nccn2C)C(F)(F)F)N=N1. The first-order valence-corrected chi connectivity index (χ1v) is 8.05. The van der Waals surface area contributed by atoms with Gasteiger partial charge in [0.2, 0.25) is 11.5 Å². The summed E-state index contributed by atoms with van der Waals surface area (Å²) in [6.07, 6.45) is 3.42. The maximum absolute atomic E-state index is 13.3. The van der Waals surface area contributed by atoms with Gasteiger partial charge in [-0.1, -0.05) is 0 Å². The van der Waals surface area contributed by atoms with Crippen molar-refractivity contribution in [2.24, 2.45) is 17.3 Å². The highest BCUT2D eigenvalue weighted by molar-refractivity contribution is 5.75. The smallest absolute Gasteiger partial charge is 0.374 e. The number of rotatable bonds is 9. The number of aryl methyl sites for hydroxylation is 1. The van der Waals surface area contributed by atoms with Crippen LogP contribution in [0.5, 0.6) is 0 Å². The third kappa shape index (κ3) is 4.40. The van der Waals surface area contributed by atoms with Gasteiger partial charge < -0.3 is 15.0 Å². The van der Waals surface area contributed by atoms with Crippen molar-refractivity contribution in [2.75, 3.05) is 6.54 Å². The van der Waals surface area contributed by atoms with Crippen molar-refractivity contribution in [3.05, 3.63) is 18.2 Å². The minimum Gasteiger partial charge on any atom is -0.374 e. The van der Waals surface area contributed by atoms with Crippen LogP contribution in [0.15, 0.2) is 22.6 Å². The minimum atomic E-state index is -4.93. The fourth-order valence-electron chi connectivity index (χ4n) is 2.60. The lowest BCUT2D eigenvalue weighted by atomic mass is 9.97. The summed E-state index contributed by atoms with van der Waals surface area (Å²) in [5.41, 5.74) is -3.77. The molecule has 0 fully saturated rings. The molecule has 1 aromatic heterocycles. The molecular weight excluding hydrogens is 351 g/mol. The van der Waals surface area contributed by atoms with Crippen LogP contribution in [0.4, 0.5) is 13.2 Å². The van der Waals surface area contributed by atoms with Gasteiger partial charge in [-0.2, -0.15) is 23.4 Å². The Hall–Kier alpha value is -2.41. The van der Waals surface area contributed by atoms with Gasteiger partial charge in [0.25, 0.3) is 0 Å². The minimum absolute atomic E-state index is 0.0599. The van der Waals surface area contributed by atoms with Crippen LogP contribution < -0.4 is 5.32 Å². The lowest BCUT2D eigenvalue weighted by Gasteiger charge is -2.30. The highest BCUT2D eigenvalue weighted by atomic mass is 19.4. The molecule has 10 heteroatoms. The van der Waals surface area contributed by atoms with E-state index >= 15 is 0 Å². The number of hydrogen-bond donors (Lipinski definition) is 2. The van der Waals surface area contributed by atoms with Crippen molar-refractivity contribution in [2.45, 2.75) is 49.5 Å². The number of hydrogen-bond acceptors (Lipinski definition) is 5. The highest BCUT2D eigenvalue weighted by Crippen LogP contribution is 2.40. The molecule has 1 aliphatic rings. The quantitative estimate of drug-likeness (QED) is 0.651. The molecule has 1 amide bonds. The summed E-state index contributed by atoms with van der Waals surface area (Å²) < 4.78 is 41.1. The van der Waals surface area contributed by atoms with E-state index in [9.17, 15) is 23.1 Å². The summed E-state index contributed by atoms with van der Waals surface area (Å²) in [5, 5.41) is 20.3. The normalized spacial score (nSPS) is 17.4. The second-order valence-corrected chi connectivity index (χ2v) is 6.21. The molecule has 0 radical (unpaired) electrons. The second-order valence-electron chi connectivity index (χ2n) is 6.21. The molecule has 2 N–H and O–H groups in total. The van der Waals surface area contributed by atoms with Crippen LogP contribution in [0.3, 0.4) is 0 Å². The maximum Gasteiger partial charge on any atom is 0.424 e. The van der Waals surface area contributed by atoms with Gasteiger partial charge in [-0.05, 0) is 0 Å². The van der Waals surface area contributed by atoms with E-state index in [-0.39, 0.29) is 13.0 Å². The van der Waals surface area contributed by atoms with Crippen molar-refractivity contribution < 1.29 is 23.1 Å². The fraction of sp³-hybridized carbons (Fsp3) is 0.625. The molecule has 0 bridgehead atoms. The molecule has 2 heterocycles. The maximum atomic E-state index is 13.3. The number of amides is 1. The Morgan fingerprint density at radius 3 is 2.62 bits per heavy atom. The molecule has 142 valence electrons. The van der Waals surface area contributed by atoms with Crippen LogP contribution in [0.2, 0.25) is 0 Å². The van der Waals surface area contributed by atoms with Gasteiger partial charge in [-0.3, -0.25) is 4.79 Å². The van der Waals surface area contributed by atoms with Crippen molar-refractivity contribution >= 4 is 5.91 Å². The lowest BCUT2D eigenvalue weighted by Crippen LogP contribution is -2.46. The molecular formula is C16H20F3N5O2. The number of aromatic nitrogens is 2. The predicted octanol–water partition coefficient (Wildman–Crippen LogP) is 2.03. The van der Waals surface area contributed by atoms with Crippen molar-refractivity contribution in [1.29, 1.82) is 0 Å². The van der Waals surface area contributed by atoms with Gasteiger partial charge in [0.1, 0.15) is 5.82 Å². The Kier molecular flexibility index (Phi) is 5.71. The Balaban J connectivity index is 1.86. The van der Waals surface area contributed by atoms with Gasteiger partial charge in [0.05, 0.1) is 0 Å². The van der Waals surface area contributed by atoms with E-state index in [2.05, 4.69) is 26.4 Å². The Morgan fingerprint density at radius 2 is 2.12 bits per heavy atom. The predicted molar refractivity (Wildman–Crippen MR) is 85.7 cm³/mol. The molecule has 1 atom stereocenters. The summed E-state index contributed by atoms with van der Waals surface area (Å²) >= 11 is 0. The third-order valence-electron chi connectivity index (χ3n) is 4.27. The Labute approximate surface area is 148 Å².